The van der Waals surface area contributed by atoms with Crippen LogP contribution in [0, 0.1) is 5.82 Å². The molecule has 1 amide bonds. The number of hydrogen-bond acceptors (Lipinski definition) is 5. The van der Waals surface area contributed by atoms with Crippen LogP contribution in [-0.4, -0.2) is 15.9 Å². The van der Waals surface area contributed by atoms with Crippen LogP contribution in [0.3, 0.4) is 0 Å². The zero-order valence-corrected chi connectivity index (χ0v) is 16.8. The number of thiophene rings is 1. The normalized spacial score (nSPS) is 11.1. The van der Waals surface area contributed by atoms with Crippen molar-refractivity contribution >= 4 is 34.7 Å². The average Bonchev–Trinajstić information content (AvgIpc) is 3.42. The molecular weight excluding hydrogens is 405 g/mol. The largest absolute Gasteiger partial charge is 0.346 e. The minimum atomic E-state index is -0.254. The minimum absolute atomic E-state index is 0.178. The molecular formula is C22H16FN3OS2. The third kappa shape index (κ3) is 5.01. The van der Waals surface area contributed by atoms with Crippen LogP contribution in [0.1, 0.15) is 9.88 Å². The number of aromatic nitrogens is 2. The number of carbonyl (C=O) groups excluding carboxylic acids is 1. The molecule has 4 nitrogen and oxygen atoms in total. The summed E-state index contributed by atoms with van der Waals surface area (Å²) >= 11 is 3.05. The van der Waals surface area contributed by atoms with Crippen LogP contribution in [0.25, 0.3) is 27.8 Å². The number of benzene rings is 1. The Balaban J connectivity index is 1.33. The van der Waals surface area contributed by atoms with Gasteiger partial charge < -0.3 is 5.32 Å². The summed E-state index contributed by atoms with van der Waals surface area (Å²) < 4.78 is 13.0. The number of carbonyl (C=O) groups is 1. The first-order valence-electron chi connectivity index (χ1n) is 8.84. The van der Waals surface area contributed by atoms with Gasteiger partial charge in [-0.1, -0.05) is 12.1 Å². The monoisotopic (exact) mass is 421 g/mol. The Morgan fingerprint density at radius 2 is 1.83 bits per heavy atom. The standard InChI is InChI=1S/C22H16FN3OS2/c23-17-3-1-16(2-4-17)20-7-5-18(29-20)6-8-21(27)25-13-22-26-19(14-28-22)15-9-11-24-12-10-15/h1-12,14H,13H2,(H,25,27)/b8-6+. The van der Waals surface area contributed by atoms with Crippen LogP contribution in [0.15, 0.2) is 72.4 Å². The van der Waals surface area contributed by atoms with Gasteiger partial charge in [0.25, 0.3) is 0 Å². The van der Waals surface area contributed by atoms with E-state index >= 15 is 0 Å². The summed E-state index contributed by atoms with van der Waals surface area (Å²) in [7, 11) is 0. The van der Waals surface area contributed by atoms with E-state index in [1.54, 1.807) is 41.9 Å². The molecule has 0 radical (unpaired) electrons. The molecule has 0 spiro atoms. The molecule has 0 atom stereocenters. The highest BCUT2D eigenvalue weighted by molar-refractivity contribution is 7.16. The minimum Gasteiger partial charge on any atom is -0.346 e. The third-order valence-corrected chi connectivity index (χ3v) is 6.04. The van der Waals surface area contributed by atoms with Crippen molar-refractivity contribution in [1.29, 1.82) is 0 Å². The third-order valence-electron chi connectivity index (χ3n) is 4.10. The zero-order valence-electron chi connectivity index (χ0n) is 15.2. The van der Waals surface area contributed by atoms with Crippen LogP contribution >= 0.6 is 22.7 Å². The summed E-state index contributed by atoms with van der Waals surface area (Å²) in [4.78, 5) is 22.6. The fraction of sp³-hybridized carbons (Fsp3) is 0.0455. The Bertz CT molecular complexity index is 1130. The SMILES string of the molecule is O=C(/C=C/c1ccc(-c2ccc(F)cc2)s1)NCc1nc(-c2ccncc2)cs1. The summed E-state index contributed by atoms with van der Waals surface area (Å²) in [6.07, 6.45) is 6.74. The van der Waals surface area contributed by atoms with Crippen LogP contribution in [-0.2, 0) is 11.3 Å². The van der Waals surface area contributed by atoms with Gasteiger partial charge in [-0.05, 0) is 48.0 Å². The number of rotatable bonds is 6. The maximum atomic E-state index is 13.0. The Labute approximate surface area is 175 Å². The van der Waals surface area contributed by atoms with E-state index < -0.39 is 0 Å². The molecule has 0 saturated heterocycles. The lowest BCUT2D eigenvalue weighted by molar-refractivity contribution is -0.116. The molecule has 0 unspecified atom stereocenters. The predicted molar refractivity (Wildman–Crippen MR) is 116 cm³/mol. The second-order valence-corrected chi connectivity index (χ2v) is 8.18. The second-order valence-electron chi connectivity index (χ2n) is 6.12. The Morgan fingerprint density at radius 3 is 2.62 bits per heavy atom. The second kappa shape index (κ2) is 8.89. The molecule has 0 aliphatic carbocycles. The van der Waals surface area contributed by atoms with Crippen molar-refractivity contribution in [2.24, 2.45) is 0 Å². The van der Waals surface area contributed by atoms with Gasteiger partial charge in [-0.2, -0.15) is 0 Å². The van der Waals surface area contributed by atoms with Crippen LogP contribution < -0.4 is 5.32 Å². The maximum Gasteiger partial charge on any atom is 0.244 e. The zero-order chi connectivity index (χ0) is 20.1. The number of halogens is 1. The fourth-order valence-corrected chi connectivity index (χ4v) is 4.30. The van der Waals surface area contributed by atoms with Crippen molar-refractivity contribution in [3.8, 4) is 21.7 Å². The number of thiazole rings is 1. The van der Waals surface area contributed by atoms with E-state index in [1.807, 2.05) is 29.6 Å². The predicted octanol–water partition coefficient (Wildman–Crippen LogP) is 5.40. The number of hydrogen-bond donors (Lipinski definition) is 1. The maximum absolute atomic E-state index is 13.0. The van der Waals surface area contributed by atoms with Crippen molar-refractivity contribution in [2.75, 3.05) is 0 Å². The summed E-state index contributed by atoms with van der Waals surface area (Å²) in [6.45, 7) is 0.379. The van der Waals surface area contributed by atoms with Gasteiger partial charge in [0.2, 0.25) is 5.91 Å². The number of pyridine rings is 1. The number of nitrogens with zero attached hydrogens (tertiary/aromatic N) is 2. The van der Waals surface area contributed by atoms with Crippen molar-refractivity contribution < 1.29 is 9.18 Å². The highest BCUT2D eigenvalue weighted by Gasteiger charge is 2.06. The lowest BCUT2D eigenvalue weighted by Crippen LogP contribution is -2.20. The van der Waals surface area contributed by atoms with Gasteiger partial charge in [0.05, 0.1) is 12.2 Å². The van der Waals surface area contributed by atoms with E-state index in [9.17, 15) is 9.18 Å². The van der Waals surface area contributed by atoms with Crippen LogP contribution in [0.2, 0.25) is 0 Å². The molecule has 3 heterocycles. The van der Waals surface area contributed by atoms with Gasteiger partial charge in [0.1, 0.15) is 10.8 Å². The van der Waals surface area contributed by atoms with Crippen LogP contribution in [0.5, 0.6) is 0 Å². The van der Waals surface area contributed by atoms with E-state index in [0.717, 1.165) is 31.6 Å². The summed E-state index contributed by atoms with van der Waals surface area (Å²) in [5.74, 6) is -0.433. The molecule has 144 valence electrons. The van der Waals surface area contributed by atoms with E-state index in [2.05, 4.69) is 15.3 Å². The van der Waals surface area contributed by atoms with Gasteiger partial charge in [-0.3, -0.25) is 9.78 Å². The Morgan fingerprint density at radius 1 is 1.03 bits per heavy atom. The molecule has 4 aromatic rings. The highest BCUT2D eigenvalue weighted by Crippen LogP contribution is 2.29. The molecule has 0 fully saturated rings. The molecule has 0 saturated carbocycles. The molecule has 1 N–H and O–H groups in total. The lowest BCUT2D eigenvalue weighted by Gasteiger charge is -1.98. The van der Waals surface area contributed by atoms with Gasteiger partial charge in [-0.25, -0.2) is 9.37 Å². The first-order chi connectivity index (χ1) is 14.2. The van der Waals surface area contributed by atoms with Crippen molar-refractivity contribution in [3.63, 3.8) is 0 Å². The molecule has 29 heavy (non-hydrogen) atoms. The van der Waals surface area contributed by atoms with E-state index in [0.29, 0.717) is 6.54 Å². The number of nitrogens with one attached hydrogen (secondary N) is 1. The summed E-state index contributed by atoms with van der Waals surface area (Å²) in [5.41, 5.74) is 2.83. The highest BCUT2D eigenvalue weighted by atomic mass is 32.1. The lowest BCUT2D eigenvalue weighted by atomic mass is 10.2. The molecule has 0 bridgehead atoms. The average molecular weight is 422 g/mol. The molecule has 4 rings (SSSR count). The first kappa shape index (κ1) is 19.2. The summed E-state index contributed by atoms with van der Waals surface area (Å²) in [6, 6.07) is 14.1. The molecule has 1 aromatic carbocycles. The van der Waals surface area contributed by atoms with Gasteiger partial charge in [0.15, 0.2) is 0 Å². The molecule has 0 aliphatic heterocycles. The molecule has 7 heteroatoms. The van der Waals surface area contributed by atoms with E-state index in [1.165, 1.54) is 29.5 Å². The Hall–Kier alpha value is -3.16. The van der Waals surface area contributed by atoms with Crippen LogP contribution in [0.4, 0.5) is 4.39 Å². The van der Waals surface area contributed by atoms with Gasteiger partial charge >= 0.3 is 0 Å². The Kier molecular flexibility index (Phi) is 5.88. The van der Waals surface area contributed by atoms with E-state index in [4.69, 9.17) is 0 Å². The summed E-state index contributed by atoms with van der Waals surface area (Å²) in [5, 5.41) is 5.66. The van der Waals surface area contributed by atoms with Gasteiger partial charge in [-0.15, -0.1) is 22.7 Å². The van der Waals surface area contributed by atoms with Gasteiger partial charge in [0, 0.05) is 39.2 Å². The van der Waals surface area contributed by atoms with Crippen molar-refractivity contribution in [2.45, 2.75) is 6.54 Å². The molecule has 0 aliphatic rings. The topological polar surface area (TPSA) is 54.9 Å². The fourth-order valence-electron chi connectivity index (χ4n) is 2.64. The smallest absolute Gasteiger partial charge is 0.244 e. The first-order valence-corrected chi connectivity index (χ1v) is 10.5. The van der Waals surface area contributed by atoms with Crippen molar-refractivity contribution in [1.82, 2.24) is 15.3 Å². The van der Waals surface area contributed by atoms with Crippen molar-refractivity contribution in [3.05, 3.63) is 88.1 Å². The van der Waals surface area contributed by atoms with E-state index in [-0.39, 0.29) is 11.7 Å². The quantitative estimate of drug-likeness (QED) is 0.424. The number of amides is 1. The molecule has 3 aromatic heterocycles.